The van der Waals surface area contributed by atoms with Crippen molar-refractivity contribution in [3.05, 3.63) is 35.1 Å². The molecule has 1 aromatic carbocycles. The van der Waals surface area contributed by atoms with Gasteiger partial charge in [-0.3, -0.25) is 9.59 Å². The maximum atomic E-state index is 12.0. The van der Waals surface area contributed by atoms with E-state index in [0.29, 0.717) is 0 Å². The largest absolute Gasteiger partial charge is 0.480 e. The molecule has 0 saturated heterocycles. The van der Waals surface area contributed by atoms with Gasteiger partial charge >= 0.3 is 5.97 Å². The molecule has 0 spiro atoms. The second-order valence-electron chi connectivity index (χ2n) is 5.55. The molecule has 0 atom stereocenters. The van der Waals surface area contributed by atoms with Gasteiger partial charge in [-0.2, -0.15) is 0 Å². The normalized spacial score (nSPS) is 13.4. The summed E-state index contributed by atoms with van der Waals surface area (Å²) in [6.07, 6.45) is 5.09. The Labute approximate surface area is 122 Å². The van der Waals surface area contributed by atoms with E-state index in [4.69, 9.17) is 9.52 Å². The summed E-state index contributed by atoms with van der Waals surface area (Å²) in [7, 11) is 1.50. The van der Waals surface area contributed by atoms with Gasteiger partial charge in [0.1, 0.15) is 12.1 Å². The van der Waals surface area contributed by atoms with Crippen LogP contribution in [0.1, 0.15) is 23.1 Å². The average molecular weight is 287 g/mol. The average Bonchev–Trinajstić information content (AvgIpc) is 3.02. The minimum Gasteiger partial charge on any atom is -0.480 e. The zero-order valence-corrected chi connectivity index (χ0v) is 11.9. The van der Waals surface area contributed by atoms with Gasteiger partial charge in [-0.05, 0) is 42.5 Å². The van der Waals surface area contributed by atoms with Gasteiger partial charge in [0.25, 0.3) is 0 Å². The van der Waals surface area contributed by atoms with Crippen LogP contribution in [0.5, 0.6) is 0 Å². The van der Waals surface area contributed by atoms with Gasteiger partial charge in [-0.25, -0.2) is 0 Å². The van der Waals surface area contributed by atoms with Crippen LogP contribution in [0.4, 0.5) is 0 Å². The molecule has 5 heteroatoms. The van der Waals surface area contributed by atoms with Gasteiger partial charge in [0.15, 0.2) is 0 Å². The molecule has 1 amide bonds. The molecule has 3 rings (SSSR count). The number of carboxylic acid groups (broad SMARTS) is 1. The van der Waals surface area contributed by atoms with E-state index in [0.717, 1.165) is 35.8 Å². The minimum atomic E-state index is -1.01. The SMILES string of the molecule is CN(CC(=O)O)C(=O)Cc1coc2cc3c(cc12)CCC3. The summed E-state index contributed by atoms with van der Waals surface area (Å²) in [5, 5.41) is 9.69. The van der Waals surface area contributed by atoms with Gasteiger partial charge < -0.3 is 14.4 Å². The lowest BCUT2D eigenvalue weighted by Gasteiger charge is -2.13. The molecule has 110 valence electrons. The van der Waals surface area contributed by atoms with Crippen molar-refractivity contribution in [2.24, 2.45) is 0 Å². The number of aliphatic carboxylic acids is 1. The number of fused-ring (bicyclic) bond motifs is 2. The quantitative estimate of drug-likeness (QED) is 0.933. The minimum absolute atomic E-state index is 0.162. The number of hydrogen-bond acceptors (Lipinski definition) is 3. The monoisotopic (exact) mass is 287 g/mol. The van der Waals surface area contributed by atoms with Gasteiger partial charge in [0.2, 0.25) is 5.91 Å². The number of likely N-dealkylation sites (N-methyl/N-ethyl adjacent to an activating group) is 1. The fourth-order valence-corrected chi connectivity index (χ4v) is 2.87. The van der Waals surface area contributed by atoms with Crippen molar-refractivity contribution in [3.8, 4) is 0 Å². The number of amides is 1. The van der Waals surface area contributed by atoms with Crippen LogP contribution in [0.3, 0.4) is 0 Å². The number of carboxylic acids is 1. The van der Waals surface area contributed by atoms with Gasteiger partial charge in [0, 0.05) is 18.0 Å². The van der Waals surface area contributed by atoms with Crippen LogP contribution in [-0.4, -0.2) is 35.5 Å². The summed E-state index contributed by atoms with van der Waals surface area (Å²) in [5.41, 5.74) is 4.29. The highest BCUT2D eigenvalue weighted by molar-refractivity contribution is 5.89. The van der Waals surface area contributed by atoms with Crippen LogP contribution in [0.25, 0.3) is 11.0 Å². The Morgan fingerprint density at radius 2 is 2.00 bits per heavy atom. The first-order valence-corrected chi connectivity index (χ1v) is 7.02. The van der Waals surface area contributed by atoms with E-state index < -0.39 is 5.97 Å². The third-order valence-electron chi connectivity index (χ3n) is 4.01. The molecule has 1 heterocycles. The van der Waals surface area contributed by atoms with Crippen molar-refractivity contribution in [1.82, 2.24) is 4.90 Å². The second-order valence-corrected chi connectivity index (χ2v) is 5.55. The Hall–Kier alpha value is -2.30. The highest BCUT2D eigenvalue weighted by Crippen LogP contribution is 2.30. The Kier molecular flexibility index (Phi) is 3.41. The highest BCUT2D eigenvalue weighted by atomic mass is 16.4. The van der Waals surface area contributed by atoms with Crippen LogP contribution in [0.15, 0.2) is 22.8 Å². The van der Waals surface area contributed by atoms with Gasteiger partial charge in [-0.1, -0.05) is 0 Å². The third kappa shape index (κ3) is 2.63. The standard InChI is InChI=1S/C16H17NO4/c1-17(8-16(19)20)15(18)7-12-9-21-14-6-11-4-2-3-10(11)5-13(12)14/h5-6,9H,2-4,7-8H2,1H3,(H,19,20). The predicted octanol–water partition coefficient (Wildman–Crippen LogP) is 2.01. The summed E-state index contributed by atoms with van der Waals surface area (Å²) in [4.78, 5) is 23.9. The summed E-state index contributed by atoms with van der Waals surface area (Å²) in [6, 6.07) is 4.17. The summed E-state index contributed by atoms with van der Waals surface area (Å²) in [5.74, 6) is -1.23. The first-order chi connectivity index (χ1) is 10.0. The van der Waals surface area contributed by atoms with E-state index in [1.54, 1.807) is 6.26 Å². The molecule has 2 aromatic rings. The van der Waals surface area contributed by atoms with Crippen molar-refractivity contribution in [1.29, 1.82) is 0 Å². The number of hydrogen-bond donors (Lipinski definition) is 1. The van der Waals surface area contributed by atoms with E-state index >= 15 is 0 Å². The first kappa shape index (κ1) is 13.7. The zero-order valence-electron chi connectivity index (χ0n) is 11.9. The van der Waals surface area contributed by atoms with Crippen LogP contribution in [0.2, 0.25) is 0 Å². The first-order valence-electron chi connectivity index (χ1n) is 7.02. The van der Waals surface area contributed by atoms with Crippen LogP contribution < -0.4 is 0 Å². The molecule has 0 radical (unpaired) electrons. The molecule has 0 saturated carbocycles. The van der Waals surface area contributed by atoms with E-state index in [1.165, 1.54) is 23.1 Å². The fraction of sp³-hybridized carbons (Fsp3) is 0.375. The predicted molar refractivity (Wildman–Crippen MR) is 77.2 cm³/mol. The number of carbonyl (C=O) groups is 2. The number of nitrogens with zero attached hydrogens (tertiary/aromatic N) is 1. The van der Waals surface area contributed by atoms with Crippen LogP contribution in [0, 0.1) is 0 Å². The molecule has 0 fully saturated rings. The second kappa shape index (κ2) is 5.24. The van der Waals surface area contributed by atoms with E-state index in [2.05, 4.69) is 12.1 Å². The number of furan rings is 1. The molecule has 0 bridgehead atoms. The molecule has 21 heavy (non-hydrogen) atoms. The number of aryl methyl sites for hydroxylation is 2. The Morgan fingerprint density at radius 1 is 1.29 bits per heavy atom. The lowest BCUT2D eigenvalue weighted by Crippen LogP contribution is -2.32. The summed E-state index contributed by atoms with van der Waals surface area (Å²) < 4.78 is 5.55. The Morgan fingerprint density at radius 3 is 2.71 bits per heavy atom. The van der Waals surface area contributed by atoms with Crippen molar-refractivity contribution >= 4 is 22.8 Å². The Bertz CT molecular complexity index is 716. The third-order valence-corrected chi connectivity index (χ3v) is 4.01. The smallest absolute Gasteiger partial charge is 0.323 e. The fourth-order valence-electron chi connectivity index (χ4n) is 2.87. The molecule has 1 N–H and O–H groups in total. The van der Waals surface area contributed by atoms with E-state index in [9.17, 15) is 9.59 Å². The van der Waals surface area contributed by atoms with Crippen molar-refractivity contribution in [3.63, 3.8) is 0 Å². The molecule has 0 unspecified atom stereocenters. The molecule has 0 aliphatic heterocycles. The molecular weight excluding hydrogens is 270 g/mol. The van der Waals surface area contributed by atoms with Crippen LogP contribution in [-0.2, 0) is 28.9 Å². The van der Waals surface area contributed by atoms with Crippen LogP contribution >= 0.6 is 0 Å². The van der Waals surface area contributed by atoms with Crippen molar-refractivity contribution < 1.29 is 19.1 Å². The maximum absolute atomic E-state index is 12.0. The lowest BCUT2D eigenvalue weighted by atomic mass is 10.0. The topological polar surface area (TPSA) is 70.8 Å². The molecular formula is C16H17NO4. The van der Waals surface area contributed by atoms with Gasteiger partial charge in [-0.15, -0.1) is 0 Å². The van der Waals surface area contributed by atoms with E-state index in [-0.39, 0.29) is 18.9 Å². The number of benzene rings is 1. The van der Waals surface area contributed by atoms with E-state index in [1.807, 2.05) is 0 Å². The summed E-state index contributed by atoms with van der Waals surface area (Å²) >= 11 is 0. The maximum Gasteiger partial charge on any atom is 0.323 e. The zero-order chi connectivity index (χ0) is 15.0. The molecule has 1 aliphatic rings. The number of rotatable bonds is 4. The van der Waals surface area contributed by atoms with Crippen molar-refractivity contribution in [2.75, 3.05) is 13.6 Å². The van der Waals surface area contributed by atoms with Gasteiger partial charge in [0.05, 0.1) is 12.7 Å². The number of carbonyl (C=O) groups excluding carboxylic acids is 1. The highest BCUT2D eigenvalue weighted by Gasteiger charge is 2.18. The summed E-state index contributed by atoms with van der Waals surface area (Å²) in [6.45, 7) is -0.288. The molecule has 1 aliphatic carbocycles. The van der Waals surface area contributed by atoms with Crippen molar-refractivity contribution in [2.45, 2.75) is 25.7 Å². The Balaban J connectivity index is 1.84. The molecule has 1 aromatic heterocycles. The molecule has 5 nitrogen and oxygen atoms in total. The lowest BCUT2D eigenvalue weighted by molar-refractivity contribution is -0.143.